The van der Waals surface area contributed by atoms with Gasteiger partial charge in [-0.25, -0.2) is 12.4 Å². The number of ether oxygens (including phenoxy) is 1. The van der Waals surface area contributed by atoms with Gasteiger partial charge in [0.15, 0.2) is 0 Å². The Labute approximate surface area is 169 Å². The van der Waals surface area contributed by atoms with Crippen LogP contribution in [-0.4, -0.2) is 30.5 Å². The second-order valence-corrected chi connectivity index (χ2v) is 8.28. The fourth-order valence-corrected chi connectivity index (χ4v) is 4.48. The summed E-state index contributed by atoms with van der Waals surface area (Å²) in [5, 5.41) is 4.04. The smallest absolute Gasteiger partial charge is 0.268 e. The van der Waals surface area contributed by atoms with E-state index in [1.165, 1.54) is 3.97 Å². The van der Waals surface area contributed by atoms with Gasteiger partial charge in [0.05, 0.1) is 16.1 Å². The lowest BCUT2D eigenvalue weighted by atomic mass is 10.2. The first-order chi connectivity index (χ1) is 14.2. The van der Waals surface area contributed by atoms with Crippen molar-refractivity contribution < 1.29 is 13.2 Å². The maximum atomic E-state index is 13.0. The molecule has 6 nitrogen and oxygen atoms in total. The molecule has 0 atom stereocenters. The first-order valence-corrected chi connectivity index (χ1v) is 10.7. The van der Waals surface area contributed by atoms with Crippen LogP contribution >= 0.6 is 0 Å². The normalized spacial score (nSPS) is 11.6. The van der Waals surface area contributed by atoms with Crippen LogP contribution in [0, 0.1) is 0 Å². The van der Waals surface area contributed by atoms with Gasteiger partial charge >= 0.3 is 0 Å². The third-order valence-corrected chi connectivity index (χ3v) is 6.23. The molecule has 0 saturated heterocycles. The second-order valence-electron chi connectivity index (χ2n) is 6.46. The van der Waals surface area contributed by atoms with Crippen LogP contribution in [0.25, 0.3) is 10.9 Å². The predicted octanol–water partition coefficient (Wildman–Crippen LogP) is 3.44. The van der Waals surface area contributed by atoms with Crippen LogP contribution in [0.2, 0.25) is 0 Å². The van der Waals surface area contributed by atoms with E-state index in [0.717, 1.165) is 11.1 Å². The van der Waals surface area contributed by atoms with Crippen molar-refractivity contribution >= 4 is 20.9 Å². The minimum absolute atomic E-state index is 0.252. The highest BCUT2D eigenvalue weighted by molar-refractivity contribution is 7.90. The maximum absolute atomic E-state index is 13.0. The first kappa shape index (κ1) is 19.2. The zero-order chi connectivity index (χ0) is 20.1. The molecule has 0 radical (unpaired) electrons. The Kier molecular flexibility index (Phi) is 5.59. The number of pyridine rings is 1. The molecule has 0 unspecified atom stereocenters. The summed E-state index contributed by atoms with van der Waals surface area (Å²) in [6, 6.07) is 21.4. The van der Waals surface area contributed by atoms with E-state index in [1.54, 1.807) is 60.9 Å². The molecule has 1 N–H and O–H groups in total. The quantitative estimate of drug-likeness (QED) is 0.453. The Balaban J connectivity index is 1.46. The molecule has 0 saturated carbocycles. The summed E-state index contributed by atoms with van der Waals surface area (Å²) in [4.78, 5) is 4.52. The van der Waals surface area contributed by atoms with Crippen molar-refractivity contribution in [2.45, 2.75) is 11.4 Å². The molecule has 148 valence electrons. The van der Waals surface area contributed by atoms with Crippen LogP contribution in [0.4, 0.5) is 0 Å². The lowest BCUT2D eigenvalue weighted by Crippen LogP contribution is -2.21. The van der Waals surface area contributed by atoms with E-state index in [0.29, 0.717) is 31.0 Å². The summed E-state index contributed by atoms with van der Waals surface area (Å²) < 4.78 is 33.1. The summed E-state index contributed by atoms with van der Waals surface area (Å²) in [6.45, 7) is 1.78. The lowest BCUT2D eigenvalue weighted by Gasteiger charge is -2.10. The summed E-state index contributed by atoms with van der Waals surface area (Å²) in [6.07, 6.45) is 3.33. The SMILES string of the molecule is O=S(=O)(c1ccccc1)n1ccc2c(OCCNCc3ccccn3)cccc21. The van der Waals surface area contributed by atoms with Crippen molar-refractivity contribution in [3.8, 4) is 5.75 Å². The van der Waals surface area contributed by atoms with Gasteiger partial charge in [-0.3, -0.25) is 4.98 Å². The predicted molar refractivity (Wildman–Crippen MR) is 112 cm³/mol. The standard InChI is InChI=1S/C22H21N3O3S/c26-29(27,19-8-2-1-3-9-19)25-15-12-20-21(25)10-6-11-22(20)28-16-14-23-17-18-7-4-5-13-24-18/h1-13,15,23H,14,16-17H2. The molecular weight excluding hydrogens is 386 g/mol. The van der Waals surface area contributed by atoms with Gasteiger partial charge in [0, 0.05) is 30.9 Å². The molecular formula is C22H21N3O3S. The molecule has 0 fully saturated rings. The van der Waals surface area contributed by atoms with Crippen LogP contribution in [0.5, 0.6) is 5.75 Å². The zero-order valence-corrected chi connectivity index (χ0v) is 16.5. The Morgan fingerprint density at radius 2 is 1.76 bits per heavy atom. The molecule has 2 aromatic carbocycles. The van der Waals surface area contributed by atoms with E-state index < -0.39 is 10.0 Å². The molecule has 4 rings (SSSR count). The van der Waals surface area contributed by atoms with Crippen molar-refractivity contribution in [1.29, 1.82) is 0 Å². The Morgan fingerprint density at radius 1 is 0.931 bits per heavy atom. The van der Waals surface area contributed by atoms with Crippen molar-refractivity contribution in [1.82, 2.24) is 14.3 Å². The van der Waals surface area contributed by atoms with Gasteiger partial charge in [0.25, 0.3) is 10.0 Å². The van der Waals surface area contributed by atoms with E-state index in [2.05, 4.69) is 10.3 Å². The van der Waals surface area contributed by atoms with Crippen LogP contribution < -0.4 is 10.1 Å². The Hall–Kier alpha value is -3.16. The Morgan fingerprint density at radius 3 is 2.55 bits per heavy atom. The highest BCUT2D eigenvalue weighted by Crippen LogP contribution is 2.29. The highest BCUT2D eigenvalue weighted by Gasteiger charge is 2.19. The maximum Gasteiger partial charge on any atom is 0.268 e. The van der Waals surface area contributed by atoms with Gasteiger partial charge in [0.1, 0.15) is 12.4 Å². The summed E-state index contributed by atoms with van der Waals surface area (Å²) in [7, 11) is -3.66. The Bertz CT molecular complexity index is 1190. The lowest BCUT2D eigenvalue weighted by molar-refractivity contribution is 0.317. The second kappa shape index (κ2) is 8.46. The highest BCUT2D eigenvalue weighted by atomic mass is 32.2. The van der Waals surface area contributed by atoms with Crippen LogP contribution in [0.15, 0.2) is 90.1 Å². The van der Waals surface area contributed by atoms with E-state index in [-0.39, 0.29) is 4.90 Å². The molecule has 4 aromatic rings. The van der Waals surface area contributed by atoms with Gasteiger partial charge in [-0.05, 0) is 42.5 Å². The average molecular weight is 407 g/mol. The monoisotopic (exact) mass is 407 g/mol. The van der Waals surface area contributed by atoms with Crippen molar-refractivity contribution in [2.24, 2.45) is 0 Å². The van der Waals surface area contributed by atoms with E-state index in [9.17, 15) is 8.42 Å². The molecule has 0 spiro atoms. The van der Waals surface area contributed by atoms with E-state index in [4.69, 9.17) is 4.74 Å². The average Bonchev–Trinajstić information content (AvgIpc) is 3.21. The van der Waals surface area contributed by atoms with Crippen LogP contribution in [0.1, 0.15) is 5.69 Å². The fraction of sp³-hybridized carbons (Fsp3) is 0.136. The number of rotatable bonds is 8. The van der Waals surface area contributed by atoms with Crippen molar-refractivity contribution in [3.63, 3.8) is 0 Å². The molecule has 7 heteroatoms. The van der Waals surface area contributed by atoms with E-state index in [1.807, 2.05) is 24.3 Å². The van der Waals surface area contributed by atoms with Gasteiger partial charge in [-0.2, -0.15) is 0 Å². The third-order valence-electron chi connectivity index (χ3n) is 4.53. The molecule has 2 aromatic heterocycles. The molecule has 0 aliphatic rings. The molecule has 0 bridgehead atoms. The van der Waals surface area contributed by atoms with Crippen LogP contribution in [0.3, 0.4) is 0 Å². The van der Waals surface area contributed by atoms with Crippen LogP contribution in [-0.2, 0) is 16.6 Å². The molecule has 0 amide bonds. The van der Waals surface area contributed by atoms with Crippen molar-refractivity contribution in [3.05, 3.63) is 90.9 Å². The topological polar surface area (TPSA) is 73.2 Å². The first-order valence-electron chi connectivity index (χ1n) is 9.30. The molecule has 29 heavy (non-hydrogen) atoms. The van der Waals surface area contributed by atoms with Gasteiger partial charge in [0.2, 0.25) is 0 Å². The number of nitrogens with zero attached hydrogens (tertiary/aromatic N) is 2. The fourth-order valence-electron chi connectivity index (χ4n) is 3.11. The van der Waals surface area contributed by atoms with E-state index >= 15 is 0 Å². The minimum Gasteiger partial charge on any atom is -0.492 e. The summed E-state index contributed by atoms with van der Waals surface area (Å²) in [5.74, 6) is 0.657. The molecule has 0 aliphatic carbocycles. The number of aromatic nitrogens is 2. The van der Waals surface area contributed by atoms with Gasteiger partial charge in [-0.1, -0.05) is 30.3 Å². The van der Waals surface area contributed by atoms with Gasteiger partial charge in [-0.15, -0.1) is 0 Å². The number of hydrogen-bond acceptors (Lipinski definition) is 5. The largest absolute Gasteiger partial charge is 0.492 e. The number of fused-ring (bicyclic) bond motifs is 1. The third kappa shape index (κ3) is 4.16. The molecule has 2 heterocycles. The van der Waals surface area contributed by atoms with Gasteiger partial charge < -0.3 is 10.1 Å². The number of benzene rings is 2. The minimum atomic E-state index is -3.66. The summed E-state index contributed by atoms with van der Waals surface area (Å²) in [5.41, 5.74) is 1.56. The zero-order valence-electron chi connectivity index (χ0n) is 15.7. The molecule has 0 aliphatic heterocycles. The van der Waals surface area contributed by atoms with Crippen molar-refractivity contribution in [2.75, 3.05) is 13.2 Å². The summed E-state index contributed by atoms with van der Waals surface area (Å²) >= 11 is 0. The number of hydrogen-bond donors (Lipinski definition) is 1. The number of nitrogens with one attached hydrogen (secondary N) is 1.